The van der Waals surface area contributed by atoms with Crippen LogP contribution in [0.2, 0.25) is 0 Å². The first-order valence-electron chi connectivity index (χ1n) is 5.29. The minimum Gasteiger partial charge on any atom is -0.355 e. The van der Waals surface area contributed by atoms with E-state index < -0.39 is 0 Å². The lowest BCUT2D eigenvalue weighted by Crippen LogP contribution is -2.13. The number of hydrogen-bond donors (Lipinski definition) is 2. The van der Waals surface area contributed by atoms with Gasteiger partial charge in [0.15, 0.2) is 0 Å². The third-order valence-electron chi connectivity index (χ3n) is 2.68. The average Bonchev–Trinajstić information content (AvgIpc) is 2.65. The summed E-state index contributed by atoms with van der Waals surface area (Å²) >= 11 is 0. The smallest absolute Gasteiger partial charge is 0.221 e. The molecule has 0 saturated carbocycles. The minimum atomic E-state index is -0.0783. The molecule has 16 heavy (non-hydrogen) atoms. The lowest BCUT2D eigenvalue weighted by molar-refractivity contribution is -0.119. The monoisotopic (exact) mass is 218 g/mol. The van der Waals surface area contributed by atoms with Crippen LogP contribution in [-0.4, -0.2) is 18.4 Å². The van der Waals surface area contributed by atoms with Crippen LogP contribution in [-0.2, 0) is 9.59 Å². The fraction of sp³-hybridized carbons (Fsp3) is 0.333. The molecule has 2 rings (SSSR count). The second-order valence-corrected chi connectivity index (χ2v) is 4.01. The first-order valence-corrected chi connectivity index (χ1v) is 5.29. The van der Waals surface area contributed by atoms with Gasteiger partial charge in [-0.1, -0.05) is 12.1 Å². The van der Waals surface area contributed by atoms with Crippen molar-refractivity contribution in [1.82, 2.24) is 5.32 Å². The van der Waals surface area contributed by atoms with E-state index in [1.54, 1.807) is 0 Å². The lowest BCUT2D eigenvalue weighted by atomic mass is 9.98. The van der Waals surface area contributed by atoms with Crippen molar-refractivity contribution in [2.24, 2.45) is 0 Å². The van der Waals surface area contributed by atoms with E-state index in [1.165, 1.54) is 6.92 Å². The average molecular weight is 218 g/mol. The van der Waals surface area contributed by atoms with E-state index in [-0.39, 0.29) is 17.7 Å². The highest BCUT2D eigenvalue weighted by molar-refractivity contribution is 5.88. The van der Waals surface area contributed by atoms with Gasteiger partial charge in [0.2, 0.25) is 11.8 Å². The van der Waals surface area contributed by atoms with E-state index in [0.717, 1.165) is 11.3 Å². The van der Waals surface area contributed by atoms with Crippen molar-refractivity contribution in [3.05, 3.63) is 29.8 Å². The van der Waals surface area contributed by atoms with Crippen molar-refractivity contribution in [2.75, 3.05) is 11.9 Å². The maximum Gasteiger partial charge on any atom is 0.221 e. The highest BCUT2D eigenvalue weighted by atomic mass is 16.2. The maximum atomic E-state index is 11.1. The van der Waals surface area contributed by atoms with Gasteiger partial charge in [0.1, 0.15) is 0 Å². The minimum absolute atomic E-state index is 0.0783. The number of rotatable bonds is 2. The van der Waals surface area contributed by atoms with E-state index in [0.29, 0.717) is 13.0 Å². The van der Waals surface area contributed by atoms with Crippen LogP contribution >= 0.6 is 0 Å². The summed E-state index contributed by atoms with van der Waals surface area (Å²) in [5, 5.41) is 5.52. The van der Waals surface area contributed by atoms with Crippen LogP contribution in [0.15, 0.2) is 24.3 Å². The number of amides is 2. The second kappa shape index (κ2) is 4.35. The predicted molar refractivity (Wildman–Crippen MR) is 61.1 cm³/mol. The summed E-state index contributed by atoms with van der Waals surface area (Å²) in [5.41, 5.74) is 1.92. The predicted octanol–water partition coefficient (Wildman–Crippen LogP) is 1.25. The molecule has 0 radical (unpaired) electrons. The van der Waals surface area contributed by atoms with Crippen molar-refractivity contribution in [3.8, 4) is 0 Å². The molecule has 4 nitrogen and oxygen atoms in total. The third kappa shape index (κ3) is 2.39. The van der Waals surface area contributed by atoms with Crippen LogP contribution in [0, 0.1) is 0 Å². The van der Waals surface area contributed by atoms with Gasteiger partial charge in [-0.25, -0.2) is 0 Å². The summed E-state index contributed by atoms with van der Waals surface area (Å²) in [6.45, 7) is 2.19. The second-order valence-electron chi connectivity index (χ2n) is 4.01. The Kier molecular flexibility index (Phi) is 2.90. The van der Waals surface area contributed by atoms with Gasteiger partial charge in [-0.2, -0.15) is 0 Å². The highest BCUT2D eigenvalue weighted by Crippen LogP contribution is 2.24. The van der Waals surface area contributed by atoms with Gasteiger partial charge in [0.25, 0.3) is 0 Å². The van der Waals surface area contributed by atoms with Crippen molar-refractivity contribution in [3.63, 3.8) is 0 Å². The van der Waals surface area contributed by atoms with Crippen molar-refractivity contribution in [2.45, 2.75) is 19.3 Å². The lowest BCUT2D eigenvalue weighted by Gasteiger charge is -2.08. The van der Waals surface area contributed by atoms with E-state index in [2.05, 4.69) is 10.6 Å². The molecule has 1 saturated heterocycles. The highest BCUT2D eigenvalue weighted by Gasteiger charge is 2.22. The fourth-order valence-corrected chi connectivity index (χ4v) is 1.88. The van der Waals surface area contributed by atoms with E-state index >= 15 is 0 Å². The van der Waals surface area contributed by atoms with Gasteiger partial charge >= 0.3 is 0 Å². The summed E-state index contributed by atoms with van der Waals surface area (Å²) in [6.07, 6.45) is 0.555. The molecule has 4 heteroatoms. The van der Waals surface area contributed by atoms with Crippen LogP contribution in [0.3, 0.4) is 0 Å². The fourth-order valence-electron chi connectivity index (χ4n) is 1.88. The Balaban J connectivity index is 2.07. The Morgan fingerprint density at radius 2 is 2.06 bits per heavy atom. The Morgan fingerprint density at radius 3 is 2.56 bits per heavy atom. The number of benzene rings is 1. The summed E-state index contributed by atoms with van der Waals surface area (Å²) in [4.78, 5) is 21.9. The molecule has 0 spiro atoms. The summed E-state index contributed by atoms with van der Waals surface area (Å²) in [7, 11) is 0. The van der Waals surface area contributed by atoms with Gasteiger partial charge in [-0.3, -0.25) is 9.59 Å². The third-order valence-corrected chi connectivity index (χ3v) is 2.68. The van der Waals surface area contributed by atoms with Gasteiger partial charge < -0.3 is 10.6 Å². The maximum absolute atomic E-state index is 11.1. The quantitative estimate of drug-likeness (QED) is 0.784. The molecule has 0 aliphatic carbocycles. The van der Waals surface area contributed by atoms with Gasteiger partial charge in [0, 0.05) is 31.5 Å². The number of anilines is 1. The molecule has 1 aromatic carbocycles. The molecule has 1 aliphatic heterocycles. The normalized spacial score (nSPS) is 19.3. The molecule has 1 fully saturated rings. The van der Waals surface area contributed by atoms with Crippen LogP contribution < -0.4 is 10.6 Å². The molecular weight excluding hydrogens is 204 g/mol. The number of carbonyl (C=O) groups is 2. The molecule has 1 aliphatic rings. The van der Waals surface area contributed by atoms with Gasteiger partial charge in [0.05, 0.1) is 0 Å². The Morgan fingerprint density at radius 1 is 1.38 bits per heavy atom. The van der Waals surface area contributed by atoms with Crippen LogP contribution in [0.1, 0.15) is 24.8 Å². The van der Waals surface area contributed by atoms with Gasteiger partial charge in [-0.15, -0.1) is 0 Å². The zero-order valence-electron chi connectivity index (χ0n) is 9.12. The Hall–Kier alpha value is -1.84. The summed E-state index contributed by atoms with van der Waals surface area (Å²) in [5.74, 6) is 0.292. The molecule has 1 aromatic rings. The van der Waals surface area contributed by atoms with Gasteiger partial charge in [-0.05, 0) is 17.7 Å². The summed E-state index contributed by atoms with van der Waals surface area (Å²) in [6, 6.07) is 7.63. The molecule has 2 N–H and O–H groups in total. The van der Waals surface area contributed by atoms with Crippen LogP contribution in [0.5, 0.6) is 0 Å². The molecule has 0 bridgehead atoms. The Labute approximate surface area is 94.0 Å². The standard InChI is InChI=1S/C12H14N2O2/c1-8(15)14-11-4-2-9(3-5-11)10-6-12(16)13-7-10/h2-5,10H,6-7H2,1H3,(H,13,16)(H,14,15). The van der Waals surface area contributed by atoms with Crippen molar-refractivity contribution < 1.29 is 9.59 Å². The zero-order valence-corrected chi connectivity index (χ0v) is 9.12. The largest absolute Gasteiger partial charge is 0.355 e. The molecule has 1 heterocycles. The molecule has 0 aromatic heterocycles. The van der Waals surface area contributed by atoms with E-state index in [1.807, 2.05) is 24.3 Å². The topological polar surface area (TPSA) is 58.2 Å². The first kappa shape index (κ1) is 10.7. The van der Waals surface area contributed by atoms with Crippen LogP contribution in [0.25, 0.3) is 0 Å². The first-order chi connectivity index (χ1) is 7.65. The number of carbonyl (C=O) groups excluding carboxylic acids is 2. The van der Waals surface area contributed by atoms with Crippen LogP contribution in [0.4, 0.5) is 5.69 Å². The van der Waals surface area contributed by atoms with E-state index in [4.69, 9.17) is 0 Å². The molecule has 84 valence electrons. The molecule has 2 amide bonds. The molecule has 1 atom stereocenters. The van der Waals surface area contributed by atoms with Crippen molar-refractivity contribution >= 4 is 17.5 Å². The van der Waals surface area contributed by atoms with Crippen molar-refractivity contribution in [1.29, 1.82) is 0 Å². The number of hydrogen-bond acceptors (Lipinski definition) is 2. The zero-order chi connectivity index (χ0) is 11.5. The van der Waals surface area contributed by atoms with E-state index in [9.17, 15) is 9.59 Å². The number of nitrogens with one attached hydrogen (secondary N) is 2. The SMILES string of the molecule is CC(=O)Nc1ccc(C2CNC(=O)C2)cc1. The molecular formula is C12H14N2O2. The molecule has 1 unspecified atom stereocenters. The summed E-state index contributed by atoms with van der Waals surface area (Å²) < 4.78 is 0. The Bertz CT molecular complexity index is 412.